The van der Waals surface area contributed by atoms with Gasteiger partial charge in [-0.1, -0.05) is 11.8 Å². The van der Waals surface area contributed by atoms with Gasteiger partial charge in [0.15, 0.2) is 11.2 Å². The maximum Gasteiger partial charge on any atom is 0.332 e. The molecule has 28 heavy (non-hydrogen) atoms. The SMILES string of the molecule is COc1ccc(C#CCNC(=O)Cn2cnc3c2c(=O)n(C)c(=O)n3C)cc1. The Bertz CT molecular complexity index is 1210. The van der Waals surface area contributed by atoms with Crippen molar-refractivity contribution in [3.05, 3.63) is 57.0 Å². The molecule has 9 heteroatoms. The van der Waals surface area contributed by atoms with E-state index < -0.39 is 11.2 Å². The Morgan fingerprint density at radius 1 is 1.18 bits per heavy atom. The molecular formula is C19H19N5O4. The Kier molecular flexibility index (Phi) is 5.31. The third kappa shape index (κ3) is 3.66. The number of fused-ring (bicyclic) bond motifs is 1. The quantitative estimate of drug-likeness (QED) is 0.621. The van der Waals surface area contributed by atoms with Crippen molar-refractivity contribution in [2.75, 3.05) is 13.7 Å². The maximum atomic E-state index is 12.4. The maximum absolute atomic E-state index is 12.4. The number of imidazole rings is 1. The number of methoxy groups -OCH3 is 1. The molecule has 3 rings (SSSR count). The molecule has 0 aliphatic rings. The second-order valence-electron chi connectivity index (χ2n) is 6.06. The van der Waals surface area contributed by atoms with E-state index in [-0.39, 0.29) is 30.2 Å². The van der Waals surface area contributed by atoms with Crippen LogP contribution in [0.3, 0.4) is 0 Å². The number of nitrogens with zero attached hydrogens (tertiary/aromatic N) is 4. The number of hydrogen-bond donors (Lipinski definition) is 1. The Hall–Kier alpha value is -3.80. The zero-order valence-corrected chi connectivity index (χ0v) is 15.7. The minimum Gasteiger partial charge on any atom is -0.497 e. The van der Waals surface area contributed by atoms with E-state index in [4.69, 9.17) is 4.74 Å². The van der Waals surface area contributed by atoms with Crippen molar-refractivity contribution < 1.29 is 9.53 Å². The fourth-order valence-electron chi connectivity index (χ4n) is 2.69. The number of hydrogen-bond acceptors (Lipinski definition) is 5. The Morgan fingerprint density at radius 2 is 1.89 bits per heavy atom. The molecule has 1 N–H and O–H groups in total. The van der Waals surface area contributed by atoms with Gasteiger partial charge < -0.3 is 14.6 Å². The topological polar surface area (TPSA) is 100 Å². The summed E-state index contributed by atoms with van der Waals surface area (Å²) in [7, 11) is 4.50. The Morgan fingerprint density at radius 3 is 2.57 bits per heavy atom. The molecule has 0 spiro atoms. The van der Waals surface area contributed by atoms with Crippen LogP contribution in [0.4, 0.5) is 0 Å². The molecule has 0 aliphatic carbocycles. The van der Waals surface area contributed by atoms with Gasteiger partial charge in [-0.3, -0.25) is 18.7 Å². The summed E-state index contributed by atoms with van der Waals surface area (Å²) >= 11 is 0. The Labute approximate surface area is 160 Å². The molecule has 0 saturated heterocycles. The van der Waals surface area contributed by atoms with Crippen LogP contribution in [0.1, 0.15) is 5.56 Å². The smallest absolute Gasteiger partial charge is 0.332 e. The number of aromatic nitrogens is 4. The van der Waals surface area contributed by atoms with Gasteiger partial charge >= 0.3 is 5.69 Å². The lowest BCUT2D eigenvalue weighted by molar-refractivity contribution is -0.121. The monoisotopic (exact) mass is 381 g/mol. The van der Waals surface area contributed by atoms with Crippen LogP contribution < -0.4 is 21.3 Å². The minimum atomic E-state index is -0.498. The normalized spacial score (nSPS) is 10.4. The molecule has 2 heterocycles. The van der Waals surface area contributed by atoms with Crippen LogP contribution in [0.15, 0.2) is 40.2 Å². The molecule has 0 unspecified atom stereocenters. The summed E-state index contributed by atoms with van der Waals surface area (Å²) < 4.78 is 8.76. The lowest BCUT2D eigenvalue weighted by Gasteiger charge is -2.06. The van der Waals surface area contributed by atoms with Crippen LogP contribution in [-0.4, -0.2) is 38.2 Å². The molecule has 0 bridgehead atoms. The number of amides is 1. The van der Waals surface area contributed by atoms with Crippen LogP contribution in [0.25, 0.3) is 11.2 Å². The fraction of sp³-hybridized carbons (Fsp3) is 0.263. The Balaban J connectivity index is 1.68. The molecule has 3 aromatic rings. The first-order valence-electron chi connectivity index (χ1n) is 8.43. The summed E-state index contributed by atoms with van der Waals surface area (Å²) in [6.07, 6.45) is 1.37. The fourth-order valence-corrected chi connectivity index (χ4v) is 2.69. The summed E-state index contributed by atoms with van der Waals surface area (Å²) in [5.74, 6) is 6.23. The number of ether oxygens (including phenoxy) is 1. The molecule has 0 fully saturated rings. The van der Waals surface area contributed by atoms with E-state index in [1.54, 1.807) is 19.2 Å². The molecule has 0 radical (unpaired) electrons. The lowest BCUT2D eigenvalue weighted by atomic mass is 10.2. The van der Waals surface area contributed by atoms with Gasteiger partial charge in [0.1, 0.15) is 12.3 Å². The standard InChI is InChI=1S/C19H19N5O4/c1-22-17-16(18(26)23(2)19(22)27)24(12-21-17)11-15(25)20-10-4-5-13-6-8-14(28-3)9-7-13/h6-9,12H,10-11H2,1-3H3,(H,20,25). The lowest BCUT2D eigenvalue weighted by Crippen LogP contribution is -2.38. The van der Waals surface area contributed by atoms with Gasteiger partial charge in [0, 0.05) is 19.7 Å². The van der Waals surface area contributed by atoms with Crippen LogP contribution in [0, 0.1) is 11.8 Å². The molecule has 9 nitrogen and oxygen atoms in total. The highest BCUT2D eigenvalue weighted by atomic mass is 16.5. The van der Waals surface area contributed by atoms with E-state index in [1.165, 1.54) is 29.6 Å². The molecule has 1 amide bonds. The predicted octanol–water partition coefficient (Wildman–Crippen LogP) is -0.390. The largest absolute Gasteiger partial charge is 0.497 e. The average molecular weight is 381 g/mol. The van der Waals surface area contributed by atoms with Gasteiger partial charge in [0.25, 0.3) is 5.56 Å². The van der Waals surface area contributed by atoms with Crippen LogP contribution >= 0.6 is 0 Å². The van der Waals surface area contributed by atoms with Crippen molar-refractivity contribution in [3.63, 3.8) is 0 Å². The van der Waals surface area contributed by atoms with Gasteiger partial charge in [0.2, 0.25) is 5.91 Å². The van der Waals surface area contributed by atoms with Crippen molar-refractivity contribution in [1.82, 2.24) is 24.0 Å². The highest BCUT2D eigenvalue weighted by molar-refractivity contribution is 5.79. The second kappa shape index (κ2) is 7.84. The zero-order valence-electron chi connectivity index (χ0n) is 15.7. The average Bonchev–Trinajstić information content (AvgIpc) is 3.12. The molecular weight excluding hydrogens is 362 g/mol. The first-order chi connectivity index (χ1) is 13.4. The number of carbonyl (C=O) groups is 1. The van der Waals surface area contributed by atoms with E-state index in [0.717, 1.165) is 15.9 Å². The van der Waals surface area contributed by atoms with Gasteiger partial charge in [-0.2, -0.15) is 0 Å². The van der Waals surface area contributed by atoms with Gasteiger partial charge in [0.05, 0.1) is 20.0 Å². The summed E-state index contributed by atoms with van der Waals surface area (Å²) in [5, 5.41) is 2.68. The number of benzene rings is 1. The highest BCUT2D eigenvalue weighted by Gasteiger charge is 2.15. The van der Waals surface area contributed by atoms with E-state index in [2.05, 4.69) is 22.1 Å². The summed E-state index contributed by atoms with van der Waals surface area (Å²) in [6, 6.07) is 7.26. The molecule has 0 saturated carbocycles. The van der Waals surface area contributed by atoms with Crippen molar-refractivity contribution in [2.45, 2.75) is 6.54 Å². The summed E-state index contributed by atoms with van der Waals surface area (Å²) in [4.78, 5) is 40.5. The number of carbonyl (C=O) groups excluding carboxylic acids is 1. The number of aryl methyl sites for hydroxylation is 1. The van der Waals surface area contributed by atoms with E-state index in [1.807, 2.05) is 12.1 Å². The van der Waals surface area contributed by atoms with Gasteiger partial charge in [-0.05, 0) is 24.3 Å². The predicted molar refractivity (Wildman–Crippen MR) is 103 cm³/mol. The summed E-state index contributed by atoms with van der Waals surface area (Å²) in [5.41, 5.74) is 0.271. The third-order valence-corrected chi connectivity index (χ3v) is 4.23. The number of rotatable bonds is 4. The van der Waals surface area contributed by atoms with Crippen molar-refractivity contribution in [3.8, 4) is 17.6 Å². The van der Waals surface area contributed by atoms with Crippen molar-refractivity contribution in [1.29, 1.82) is 0 Å². The molecule has 0 aliphatic heterocycles. The number of nitrogens with one attached hydrogen (secondary N) is 1. The van der Waals surface area contributed by atoms with Crippen molar-refractivity contribution >= 4 is 17.1 Å². The highest BCUT2D eigenvalue weighted by Crippen LogP contribution is 2.10. The molecule has 0 atom stereocenters. The van der Waals surface area contributed by atoms with Crippen LogP contribution in [0.2, 0.25) is 0 Å². The van der Waals surface area contributed by atoms with Gasteiger partial charge in [-0.15, -0.1) is 0 Å². The van der Waals surface area contributed by atoms with E-state index >= 15 is 0 Å². The molecule has 1 aromatic carbocycles. The van der Waals surface area contributed by atoms with E-state index in [9.17, 15) is 14.4 Å². The second-order valence-corrected chi connectivity index (χ2v) is 6.06. The minimum absolute atomic E-state index is 0.103. The molecule has 2 aromatic heterocycles. The third-order valence-electron chi connectivity index (χ3n) is 4.23. The van der Waals surface area contributed by atoms with Crippen molar-refractivity contribution in [2.24, 2.45) is 14.1 Å². The zero-order chi connectivity index (χ0) is 20.3. The van der Waals surface area contributed by atoms with E-state index in [0.29, 0.717) is 0 Å². The van der Waals surface area contributed by atoms with Gasteiger partial charge in [-0.25, -0.2) is 9.78 Å². The van der Waals surface area contributed by atoms with Crippen LogP contribution in [0.5, 0.6) is 5.75 Å². The summed E-state index contributed by atoms with van der Waals surface area (Å²) in [6.45, 7) is 0.0577. The first kappa shape index (κ1) is 19.0. The van der Waals surface area contributed by atoms with Crippen LogP contribution in [-0.2, 0) is 25.4 Å². The first-order valence-corrected chi connectivity index (χ1v) is 8.43. The molecule has 144 valence electrons.